The number of hydrogen-bond donors (Lipinski definition) is 1. The van der Waals surface area contributed by atoms with Gasteiger partial charge in [0.15, 0.2) is 0 Å². The lowest BCUT2D eigenvalue weighted by Gasteiger charge is -2.13. The molecule has 0 aliphatic heterocycles. The number of fused-ring (bicyclic) bond motifs is 1. The van der Waals surface area contributed by atoms with Crippen LogP contribution in [-0.4, -0.2) is 6.54 Å². The number of benzene rings is 1. The first-order valence-corrected chi connectivity index (χ1v) is 6.78. The van der Waals surface area contributed by atoms with Gasteiger partial charge in [0.25, 0.3) is 0 Å². The molecule has 1 atom stereocenters. The van der Waals surface area contributed by atoms with Crippen LogP contribution in [0.2, 0.25) is 0 Å². The minimum Gasteiger partial charge on any atom is -0.464 e. The SMILES string of the molecule is CCCNC1CCc2cc(-c3ccco3)ccc21. The molecule has 0 saturated heterocycles. The van der Waals surface area contributed by atoms with E-state index in [1.807, 2.05) is 12.1 Å². The topological polar surface area (TPSA) is 25.2 Å². The lowest BCUT2D eigenvalue weighted by atomic mass is 10.0. The molecule has 1 aliphatic carbocycles. The quantitative estimate of drug-likeness (QED) is 0.877. The van der Waals surface area contributed by atoms with Crippen LogP contribution in [0.1, 0.15) is 36.9 Å². The maximum Gasteiger partial charge on any atom is 0.133 e. The predicted molar refractivity (Wildman–Crippen MR) is 73.5 cm³/mol. The van der Waals surface area contributed by atoms with E-state index in [1.165, 1.54) is 36.0 Å². The van der Waals surface area contributed by atoms with Gasteiger partial charge in [0.1, 0.15) is 5.76 Å². The lowest BCUT2D eigenvalue weighted by Crippen LogP contribution is -2.19. The molecule has 0 radical (unpaired) electrons. The van der Waals surface area contributed by atoms with Gasteiger partial charge < -0.3 is 9.73 Å². The average molecular weight is 241 g/mol. The van der Waals surface area contributed by atoms with E-state index in [4.69, 9.17) is 4.42 Å². The van der Waals surface area contributed by atoms with Crippen molar-refractivity contribution in [3.05, 3.63) is 47.7 Å². The zero-order valence-electron chi connectivity index (χ0n) is 10.8. The number of nitrogens with one attached hydrogen (secondary N) is 1. The highest BCUT2D eigenvalue weighted by atomic mass is 16.3. The number of rotatable bonds is 4. The largest absolute Gasteiger partial charge is 0.464 e. The van der Waals surface area contributed by atoms with Gasteiger partial charge in [-0.25, -0.2) is 0 Å². The fourth-order valence-electron chi connectivity index (χ4n) is 2.74. The van der Waals surface area contributed by atoms with Crippen molar-refractivity contribution >= 4 is 0 Å². The van der Waals surface area contributed by atoms with Crippen LogP contribution < -0.4 is 5.32 Å². The van der Waals surface area contributed by atoms with Crippen LogP contribution in [0.5, 0.6) is 0 Å². The summed E-state index contributed by atoms with van der Waals surface area (Å²) in [6, 6.07) is 11.2. The molecule has 1 aliphatic rings. The third-order valence-electron chi connectivity index (χ3n) is 3.67. The normalized spacial score (nSPS) is 17.9. The van der Waals surface area contributed by atoms with Crippen molar-refractivity contribution in [2.24, 2.45) is 0 Å². The summed E-state index contributed by atoms with van der Waals surface area (Å²) in [5.74, 6) is 0.961. The Labute approximate surface area is 108 Å². The van der Waals surface area contributed by atoms with Crippen molar-refractivity contribution in [3.63, 3.8) is 0 Å². The van der Waals surface area contributed by atoms with Gasteiger partial charge in [-0.05, 0) is 55.1 Å². The van der Waals surface area contributed by atoms with Gasteiger partial charge in [-0.1, -0.05) is 19.1 Å². The van der Waals surface area contributed by atoms with E-state index >= 15 is 0 Å². The molecule has 0 bridgehead atoms. The highest BCUT2D eigenvalue weighted by molar-refractivity contribution is 5.60. The molecule has 18 heavy (non-hydrogen) atoms. The minimum absolute atomic E-state index is 0.547. The molecule has 2 heteroatoms. The maximum atomic E-state index is 5.46. The molecule has 2 nitrogen and oxygen atoms in total. The molecule has 1 unspecified atom stereocenters. The second kappa shape index (κ2) is 4.99. The van der Waals surface area contributed by atoms with Gasteiger partial charge in [0, 0.05) is 11.6 Å². The van der Waals surface area contributed by atoms with Crippen LogP contribution in [0, 0.1) is 0 Å². The molecule has 0 spiro atoms. The van der Waals surface area contributed by atoms with Crippen molar-refractivity contribution in [1.29, 1.82) is 0 Å². The molecule has 1 aromatic heterocycles. The van der Waals surface area contributed by atoms with Crippen LogP contribution in [0.25, 0.3) is 11.3 Å². The Hall–Kier alpha value is -1.54. The van der Waals surface area contributed by atoms with Crippen molar-refractivity contribution in [2.45, 2.75) is 32.2 Å². The third kappa shape index (κ3) is 2.08. The second-order valence-electron chi connectivity index (χ2n) is 4.94. The van der Waals surface area contributed by atoms with Gasteiger partial charge in [0.05, 0.1) is 6.26 Å². The van der Waals surface area contributed by atoms with E-state index < -0.39 is 0 Å². The highest BCUT2D eigenvalue weighted by Crippen LogP contribution is 2.34. The smallest absolute Gasteiger partial charge is 0.133 e. The monoisotopic (exact) mass is 241 g/mol. The van der Waals surface area contributed by atoms with Crippen molar-refractivity contribution in [3.8, 4) is 11.3 Å². The molecular weight excluding hydrogens is 222 g/mol. The number of aryl methyl sites for hydroxylation is 1. The summed E-state index contributed by atoms with van der Waals surface area (Å²) in [4.78, 5) is 0. The van der Waals surface area contributed by atoms with Crippen LogP contribution >= 0.6 is 0 Å². The molecular formula is C16H19NO. The molecule has 0 saturated carbocycles. The van der Waals surface area contributed by atoms with E-state index in [-0.39, 0.29) is 0 Å². The van der Waals surface area contributed by atoms with Gasteiger partial charge >= 0.3 is 0 Å². The summed E-state index contributed by atoms with van der Waals surface area (Å²) < 4.78 is 5.46. The summed E-state index contributed by atoms with van der Waals surface area (Å²) in [7, 11) is 0. The highest BCUT2D eigenvalue weighted by Gasteiger charge is 2.22. The van der Waals surface area contributed by atoms with Gasteiger partial charge in [-0.15, -0.1) is 0 Å². The average Bonchev–Trinajstić information content (AvgIpc) is 3.05. The van der Waals surface area contributed by atoms with Gasteiger partial charge in [-0.3, -0.25) is 0 Å². The predicted octanol–water partition coefficient (Wildman–Crippen LogP) is 3.93. The zero-order valence-corrected chi connectivity index (χ0v) is 10.8. The maximum absolute atomic E-state index is 5.46. The second-order valence-corrected chi connectivity index (χ2v) is 4.94. The molecule has 3 rings (SSSR count). The van der Waals surface area contributed by atoms with Crippen LogP contribution in [-0.2, 0) is 6.42 Å². The number of hydrogen-bond acceptors (Lipinski definition) is 2. The van der Waals surface area contributed by atoms with Crippen molar-refractivity contribution in [2.75, 3.05) is 6.54 Å². The van der Waals surface area contributed by atoms with E-state index in [9.17, 15) is 0 Å². The van der Waals surface area contributed by atoms with E-state index in [1.54, 1.807) is 6.26 Å². The molecule has 94 valence electrons. The fraction of sp³-hybridized carbons (Fsp3) is 0.375. The third-order valence-corrected chi connectivity index (χ3v) is 3.67. The lowest BCUT2D eigenvalue weighted by molar-refractivity contribution is 0.529. The Morgan fingerprint density at radius 3 is 3.06 bits per heavy atom. The first-order chi connectivity index (χ1) is 8.88. The number of furan rings is 1. The Kier molecular flexibility index (Phi) is 3.20. The van der Waals surface area contributed by atoms with Gasteiger partial charge in [-0.2, -0.15) is 0 Å². The fourth-order valence-corrected chi connectivity index (χ4v) is 2.74. The van der Waals surface area contributed by atoms with Crippen molar-refractivity contribution in [1.82, 2.24) is 5.32 Å². The van der Waals surface area contributed by atoms with E-state index in [2.05, 4.69) is 30.4 Å². The summed E-state index contributed by atoms with van der Waals surface area (Å²) >= 11 is 0. The standard InChI is InChI=1S/C16H19NO/c1-2-9-17-15-8-6-12-11-13(5-7-14(12)15)16-4-3-10-18-16/h3-5,7,10-11,15,17H,2,6,8-9H2,1H3. The molecule has 1 N–H and O–H groups in total. The molecule has 2 aromatic rings. The molecule has 0 fully saturated rings. The summed E-state index contributed by atoms with van der Waals surface area (Å²) in [6.45, 7) is 3.31. The molecule has 0 amide bonds. The molecule has 1 aromatic carbocycles. The van der Waals surface area contributed by atoms with E-state index in [0.717, 1.165) is 12.3 Å². The van der Waals surface area contributed by atoms with E-state index in [0.29, 0.717) is 6.04 Å². The van der Waals surface area contributed by atoms with Crippen LogP contribution in [0.15, 0.2) is 41.0 Å². The summed E-state index contributed by atoms with van der Waals surface area (Å²) in [6.07, 6.45) is 5.31. The first kappa shape index (κ1) is 11.5. The molecule has 1 heterocycles. The van der Waals surface area contributed by atoms with Crippen LogP contribution in [0.4, 0.5) is 0 Å². The zero-order chi connectivity index (χ0) is 12.4. The Bertz CT molecular complexity index is 516. The summed E-state index contributed by atoms with van der Waals surface area (Å²) in [5.41, 5.74) is 4.13. The first-order valence-electron chi connectivity index (χ1n) is 6.78. The van der Waals surface area contributed by atoms with Gasteiger partial charge in [0.2, 0.25) is 0 Å². The Morgan fingerprint density at radius 1 is 1.33 bits per heavy atom. The Balaban J connectivity index is 1.85. The minimum atomic E-state index is 0.547. The van der Waals surface area contributed by atoms with Crippen molar-refractivity contribution < 1.29 is 4.42 Å². The Morgan fingerprint density at radius 2 is 2.28 bits per heavy atom. The summed E-state index contributed by atoms with van der Waals surface area (Å²) in [5, 5.41) is 3.62. The van der Waals surface area contributed by atoms with Crippen LogP contribution in [0.3, 0.4) is 0 Å².